The second-order valence-electron chi connectivity index (χ2n) is 9.21. The number of halogens is 1. The maximum Gasteiger partial charge on any atom is 0.327 e. The molecule has 13 heteroatoms. The molecule has 1 N–H and O–H groups in total. The van der Waals surface area contributed by atoms with Crippen LogP contribution in [0, 0.1) is 6.92 Å². The van der Waals surface area contributed by atoms with Crippen molar-refractivity contribution in [1.82, 2.24) is 15.2 Å². The second-order valence-corrected chi connectivity index (χ2v) is 9.65. The van der Waals surface area contributed by atoms with E-state index in [0.29, 0.717) is 57.9 Å². The van der Waals surface area contributed by atoms with Gasteiger partial charge in [-0.1, -0.05) is 11.6 Å². The van der Waals surface area contributed by atoms with E-state index in [1.807, 2.05) is 0 Å². The van der Waals surface area contributed by atoms with Crippen molar-refractivity contribution in [3.05, 3.63) is 64.3 Å². The standard InChI is InChI=1S/C28H30ClN3O9/c1-17-22(14-26(34)39-15-40-28(36)25-5-4-12-31(25)30-41-16-38-18(2)33)23-13-21(37-3)10-11-24(23)32(17)27(35)19-6-8-20(29)9-7-19/h6-11,13,25,30H,4-5,12,14-16H2,1-3H3/t25-/m0/s1. The minimum atomic E-state index is -0.669. The van der Waals surface area contributed by atoms with Crippen LogP contribution in [0.5, 0.6) is 5.75 Å². The lowest BCUT2D eigenvalue weighted by molar-refractivity contribution is -0.190. The highest BCUT2D eigenvalue weighted by molar-refractivity contribution is 6.30. The Morgan fingerprint density at radius 1 is 1.02 bits per heavy atom. The number of carbonyl (C=O) groups is 4. The molecule has 0 amide bonds. The number of ether oxygens (including phenoxy) is 4. The molecule has 41 heavy (non-hydrogen) atoms. The largest absolute Gasteiger partial charge is 0.497 e. The van der Waals surface area contributed by atoms with Crippen LogP contribution in [0.2, 0.25) is 5.02 Å². The molecule has 218 valence electrons. The van der Waals surface area contributed by atoms with Crippen molar-refractivity contribution in [2.75, 3.05) is 27.2 Å². The van der Waals surface area contributed by atoms with Gasteiger partial charge in [0.2, 0.25) is 13.6 Å². The zero-order valence-electron chi connectivity index (χ0n) is 22.8. The summed E-state index contributed by atoms with van der Waals surface area (Å²) in [6, 6.07) is 11.1. The average Bonchev–Trinajstić information content (AvgIpc) is 3.53. The Balaban J connectivity index is 1.41. The van der Waals surface area contributed by atoms with E-state index < -0.39 is 30.7 Å². The minimum absolute atomic E-state index is 0.172. The first-order valence-corrected chi connectivity index (χ1v) is 13.1. The number of rotatable bonds is 11. The van der Waals surface area contributed by atoms with Crippen molar-refractivity contribution in [3.63, 3.8) is 0 Å². The molecule has 1 aliphatic rings. The maximum absolute atomic E-state index is 13.4. The Hall–Kier alpha value is -3.97. The summed E-state index contributed by atoms with van der Waals surface area (Å²) < 4.78 is 22.0. The fourth-order valence-electron chi connectivity index (χ4n) is 4.58. The molecule has 3 aromatic rings. The number of fused-ring (bicyclic) bond motifs is 1. The SMILES string of the molecule is COc1ccc2c(c1)c(CC(=O)OCOC(=O)[C@@H]1CCCN1NOCOC(C)=O)c(C)n2C(=O)c1ccc(Cl)cc1. The quantitative estimate of drug-likeness (QED) is 0.153. The summed E-state index contributed by atoms with van der Waals surface area (Å²) in [6.07, 6.45) is 1.03. The predicted molar refractivity (Wildman–Crippen MR) is 146 cm³/mol. The third kappa shape index (κ3) is 7.22. The summed E-state index contributed by atoms with van der Waals surface area (Å²) in [6.45, 7) is 2.59. The highest BCUT2D eigenvalue weighted by atomic mass is 35.5. The van der Waals surface area contributed by atoms with Gasteiger partial charge in [-0.25, -0.2) is 9.85 Å². The maximum atomic E-state index is 13.4. The van der Waals surface area contributed by atoms with Crippen LogP contribution >= 0.6 is 11.6 Å². The molecule has 0 spiro atoms. The monoisotopic (exact) mass is 587 g/mol. The molecule has 1 fully saturated rings. The number of hydrazine groups is 1. The molecule has 1 aliphatic heterocycles. The highest BCUT2D eigenvalue weighted by Crippen LogP contribution is 2.31. The van der Waals surface area contributed by atoms with E-state index in [1.165, 1.54) is 23.6 Å². The Bertz CT molecular complexity index is 1440. The van der Waals surface area contributed by atoms with Crippen LogP contribution in [-0.4, -0.2) is 66.7 Å². The van der Waals surface area contributed by atoms with E-state index in [9.17, 15) is 19.2 Å². The normalized spacial score (nSPS) is 15.1. The summed E-state index contributed by atoms with van der Waals surface area (Å²) >= 11 is 5.98. The molecule has 4 rings (SSSR count). The number of esters is 3. The van der Waals surface area contributed by atoms with Gasteiger partial charge in [0.1, 0.15) is 11.8 Å². The summed E-state index contributed by atoms with van der Waals surface area (Å²) in [4.78, 5) is 54.7. The Labute approximate surface area is 240 Å². The number of carbonyl (C=O) groups excluding carboxylic acids is 4. The van der Waals surface area contributed by atoms with E-state index in [2.05, 4.69) is 10.3 Å². The number of aromatic nitrogens is 1. The Morgan fingerprint density at radius 3 is 2.49 bits per heavy atom. The van der Waals surface area contributed by atoms with Crippen LogP contribution in [-0.2, 0) is 39.9 Å². The van der Waals surface area contributed by atoms with E-state index in [0.717, 1.165) is 0 Å². The van der Waals surface area contributed by atoms with Crippen molar-refractivity contribution in [3.8, 4) is 5.75 Å². The van der Waals surface area contributed by atoms with Crippen LogP contribution < -0.4 is 10.3 Å². The van der Waals surface area contributed by atoms with Crippen LogP contribution in [0.25, 0.3) is 10.9 Å². The second kappa shape index (κ2) is 13.6. The number of benzene rings is 2. The first kappa shape index (κ1) is 30.0. The predicted octanol–water partition coefficient (Wildman–Crippen LogP) is 3.31. The van der Waals surface area contributed by atoms with Gasteiger partial charge < -0.3 is 18.9 Å². The van der Waals surface area contributed by atoms with Gasteiger partial charge >= 0.3 is 17.9 Å². The summed E-state index contributed by atoms with van der Waals surface area (Å²) in [5.74, 6) is -1.48. The molecule has 1 saturated heterocycles. The molecule has 12 nitrogen and oxygen atoms in total. The lowest BCUT2D eigenvalue weighted by Gasteiger charge is -2.22. The molecule has 2 aromatic carbocycles. The van der Waals surface area contributed by atoms with Crippen molar-refractivity contribution in [2.45, 2.75) is 39.2 Å². The molecule has 0 saturated carbocycles. The lowest BCUT2D eigenvalue weighted by Crippen LogP contribution is -2.46. The van der Waals surface area contributed by atoms with Gasteiger partial charge in [0.15, 0.2) is 0 Å². The third-order valence-electron chi connectivity index (χ3n) is 6.61. The number of nitrogens with zero attached hydrogens (tertiary/aromatic N) is 2. The van der Waals surface area contributed by atoms with E-state index in [1.54, 1.807) is 49.4 Å². The van der Waals surface area contributed by atoms with Gasteiger partial charge in [0, 0.05) is 35.1 Å². The average molecular weight is 588 g/mol. The number of methoxy groups -OCH3 is 1. The van der Waals surface area contributed by atoms with Crippen LogP contribution in [0.3, 0.4) is 0 Å². The van der Waals surface area contributed by atoms with Gasteiger partial charge in [-0.2, -0.15) is 0 Å². The van der Waals surface area contributed by atoms with Crippen molar-refractivity contribution in [2.24, 2.45) is 0 Å². The fourth-order valence-corrected chi connectivity index (χ4v) is 4.71. The summed E-state index contributed by atoms with van der Waals surface area (Å²) in [7, 11) is 1.53. The Kier molecular flexibility index (Phi) is 9.95. The Morgan fingerprint density at radius 2 is 1.78 bits per heavy atom. The molecular formula is C28H30ClN3O9. The molecule has 0 radical (unpaired) electrons. The van der Waals surface area contributed by atoms with E-state index in [-0.39, 0.29) is 19.1 Å². The van der Waals surface area contributed by atoms with Crippen LogP contribution in [0.15, 0.2) is 42.5 Å². The van der Waals surface area contributed by atoms with Crippen LogP contribution in [0.4, 0.5) is 0 Å². The zero-order valence-corrected chi connectivity index (χ0v) is 23.6. The summed E-state index contributed by atoms with van der Waals surface area (Å²) in [5.41, 5.74) is 4.72. The van der Waals surface area contributed by atoms with E-state index in [4.69, 9.17) is 30.6 Å². The topological polar surface area (TPSA) is 135 Å². The first-order valence-electron chi connectivity index (χ1n) is 12.8. The molecule has 0 bridgehead atoms. The molecule has 0 unspecified atom stereocenters. The van der Waals surface area contributed by atoms with Gasteiger partial charge in [-0.05, 0) is 67.8 Å². The van der Waals surface area contributed by atoms with Crippen molar-refractivity contribution in [1.29, 1.82) is 0 Å². The zero-order chi connectivity index (χ0) is 29.5. The number of hydrogen-bond donors (Lipinski definition) is 1. The molecule has 1 aromatic heterocycles. The lowest BCUT2D eigenvalue weighted by atomic mass is 10.1. The van der Waals surface area contributed by atoms with Gasteiger partial charge in [0.05, 0.1) is 19.0 Å². The minimum Gasteiger partial charge on any atom is -0.497 e. The van der Waals surface area contributed by atoms with Gasteiger partial charge in [-0.15, -0.1) is 5.59 Å². The van der Waals surface area contributed by atoms with Crippen molar-refractivity contribution >= 4 is 46.3 Å². The highest BCUT2D eigenvalue weighted by Gasteiger charge is 2.33. The number of nitrogens with one attached hydrogen (secondary N) is 1. The number of hydrogen-bond acceptors (Lipinski definition) is 11. The van der Waals surface area contributed by atoms with Gasteiger partial charge in [0.25, 0.3) is 5.91 Å². The first-order chi connectivity index (χ1) is 19.7. The fraction of sp³-hybridized carbons (Fsp3) is 0.357. The summed E-state index contributed by atoms with van der Waals surface area (Å²) in [5, 5.41) is 2.67. The van der Waals surface area contributed by atoms with Gasteiger partial charge in [-0.3, -0.25) is 23.7 Å². The molecule has 1 atom stereocenters. The van der Waals surface area contributed by atoms with Crippen molar-refractivity contribution < 1.29 is 43.0 Å². The van der Waals surface area contributed by atoms with E-state index >= 15 is 0 Å². The molecular weight excluding hydrogens is 558 g/mol. The smallest absolute Gasteiger partial charge is 0.327 e. The van der Waals surface area contributed by atoms with Crippen LogP contribution in [0.1, 0.15) is 41.4 Å². The molecule has 2 heterocycles. The third-order valence-corrected chi connectivity index (χ3v) is 6.86. The molecule has 0 aliphatic carbocycles.